The molecule has 0 unspecified atom stereocenters. The predicted molar refractivity (Wildman–Crippen MR) is 140 cm³/mol. The zero-order valence-corrected chi connectivity index (χ0v) is 21.4. The lowest BCUT2D eigenvalue weighted by atomic mass is 10.00. The molecule has 0 aliphatic heterocycles. The van der Waals surface area contributed by atoms with E-state index in [1.807, 2.05) is 0 Å². The molecule has 0 radical (unpaired) electrons. The number of carbonyl (C=O) groups is 1. The molecule has 1 amide bonds. The summed E-state index contributed by atoms with van der Waals surface area (Å²) < 4.78 is 33.3. The van der Waals surface area contributed by atoms with Crippen LogP contribution in [0.1, 0.15) is 70.6 Å². The summed E-state index contributed by atoms with van der Waals surface area (Å²) >= 11 is 0. The standard InChI is InChI=1S/C27H37N3O4S/c1-34-25-18-14-17-24(21-25)30(35(32,33)26-19-12-9-13-20-26)22-27(31)29-28-23-15-10-7-5-3-2-4-6-8-11-16-23/h9,12-14,17-21H,2-8,10-11,15-16,22H2,1H3,(H,29,31). The summed E-state index contributed by atoms with van der Waals surface area (Å²) in [6, 6.07) is 14.8. The Balaban J connectivity index is 1.76. The minimum atomic E-state index is -3.98. The molecule has 1 saturated carbocycles. The number of hydrogen-bond donors (Lipinski definition) is 1. The maximum absolute atomic E-state index is 13.5. The van der Waals surface area contributed by atoms with Gasteiger partial charge in [0, 0.05) is 11.8 Å². The number of benzene rings is 2. The van der Waals surface area contributed by atoms with E-state index in [2.05, 4.69) is 10.5 Å². The van der Waals surface area contributed by atoms with Gasteiger partial charge < -0.3 is 4.74 Å². The molecule has 2 aromatic carbocycles. The van der Waals surface area contributed by atoms with Crippen LogP contribution in [0.25, 0.3) is 0 Å². The van der Waals surface area contributed by atoms with E-state index in [9.17, 15) is 13.2 Å². The number of nitrogens with zero attached hydrogens (tertiary/aromatic N) is 2. The normalized spacial score (nSPS) is 15.9. The summed E-state index contributed by atoms with van der Waals surface area (Å²) in [5.41, 5.74) is 3.96. The van der Waals surface area contributed by atoms with Crippen molar-refractivity contribution in [3.8, 4) is 5.75 Å². The van der Waals surface area contributed by atoms with E-state index in [4.69, 9.17) is 4.74 Å². The minimum Gasteiger partial charge on any atom is -0.497 e. The van der Waals surface area contributed by atoms with Gasteiger partial charge in [0.2, 0.25) is 0 Å². The van der Waals surface area contributed by atoms with Crippen LogP contribution >= 0.6 is 0 Å². The van der Waals surface area contributed by atoms with Crippen LogP contribution in [0.5, 0.6) is 5.75 Å². The Morgan fingerprint density at radius 3 is 2.09 bits per heavy atom. The average Bonchev–Trinajstić information content (AvgIpc) is 2.87. The minimum absolute atomic E-state index is 0.112. The molecule has 190 valence electrons. The maximum Gasteiger partial charge on any atom is 0.264 e. The number of carbonyl (C=O) groups excluding carboxylic acids is 1. The third-order valence-electron chi connectivity index (χ3n) is 6.23. The first-order valence-electron chi connectivity index (χ1n) is 12.6. The maximum atomic E-state index is 13.5. The van der Waals surface area contributed by atoms with Gasteiger partial charge in [0.25, 0.3) is 15.9 Å². The second-order valence-corrected chi connectivity index (χ2v) is 10.8. The Bertz CT molecular complexity index is 1060. The first kappa shape index (κ1) is 26.7. The lowest BCUT2D eigenvalue weighted by Crippen LogP contribution is -2.39. The van der Waals surface area contributed by atoms with Crippen LogP contribution in [-0.2, 0) is 14.8 Å². The monoisotopic (exact) mass is 499 g/mol. The van der Waals surface area contributed by atoms with Gasteiger partial charge in [-0.3, -0.25) is 9.10 Å². The summed E-state index contributed by atoms with van der Waals surface area (Å²) in [5.74, 6) is 0.0237. The zero-order valence-electron chi connectivity index (χ0n) is 20.6. The second-order valence-electron chi connectivity index (χ2n) is 8.92. The van der Waals surface area contributed by atoms with E-state index in [1.165, 1.54) is 64.2 Å². The van der Waals surface area contributed by atoms with Gasteiger partial charge in [-0.2, -0.15) is 5.10 Å². The molecule has 1 N–H and O–H groups in total. The molecule has 0 heterocycles. The number of ether oxygens (including phenoxy) is 1. The van der Waals surface area contributed by atoms with Crippen molar-refractivity contribution in [3.63, 3.8) is 0 Å². The quantitative estimate of drug-likeness (QED) is 0.497. The fraction of sp³-hybridized carbons (Fsp3) is 0.481. The van der Waals surface area contributed by atoms with Gasteiger partial charge in [-0.1, -0.05) is 69.2 Å². The third-order valence-corrected chi connectivity index (χ3v) is 8.02. The molecule has 0 saturated heterocycles. The molecule has 1 aliphatic carbocycles. The van der Waals surface area contributed by atoms with Gasteiger partial charge in [0.15, 0.2) is 0 Å². The van der Waals surface area contributed by atoms with E-state index in [0.29, 0.717) is 11.4 Å². The van der Waals surface area contributed by atoms with E-state index in [-0.39, 0.29) is 11.4 Å². The molecular formula is C27H37N3O4S. The zero-order chi connectivity index (χ0) is 24.9. The number of nitrogens with one attached hydrogen (secondary N) is 1. The summed E-state index contributed by atoms with van der Waals surface area (Å²) in [5, 5.41) is 4.42. The van der Waals surface area contributed by atoms with Gasteiger partial charge in [0.05, 0.1) is 17.7 Å². The van der Waals surface area contributed by atoms with Gasteiger partial charge in [0.1, 0.15) is 12.3 Å². The highest BCUT2D eigenvalue weighted by Gasteiger charge is 2.27. The van der Waals surface area contributed by atoms with Crippen molar-refractivity contribution in [2.75, 3.05) is 18.0 Å². The van der Waals surface area contributed by atoms with E-state index in [0.717, 1.165) is 35.7 Å². The molecule has 1 fully saturated rings. The smallest absolute Gasteiger partial charge is 0.264 e. The summed E-state index contributed by atoms with van der Waals surface area (Å²) in [7, 11) is -2.46. The third kappa shape index (κ3) is 8.38. The van der Waals surface area contributed by atoms with Crippen LogP contribution in [0.15, 0.2) is 64.6 Å². The first-order chi connectivity index (χ1) is 17.0. The number of hydrogen-bond acceptors (Lipinski definition) is 5. The first-order valence-corrected chi connectivity index (χ1v) is 14.0. The second kappa shape index (κ2) is 13.9. The molecule has 0 atom stereocenters. The average molecular weight is 500 g/mol. The van der Waals surface area contributed by atoms with Gasteiger partial charge >= 0.3 is 0 Å². The van der Waals surface area contributed by atoms with E-state index < -0.39 is 15.9 Å². The number of sulfonamides is 1. The molecule has 1 aliphatic rings. The fourth-order valence-electron chi connectivity index (χ4n) is 4.24. The van der Waals surface area contributed by atoms with Gasteiger partial charge in [-0.05, 0) is 49.9 Å². The fourth-order valence-corrected chi connectivity index (χ4v) is 5.67. The number of anilines is 1. The molecule has 0 aromatic heterocycles. The van der Waals surface area contributed by atoms with Crippen molar-refractivity contribution in [3.05, 3.63) is 54.6 Å². The van der Waals surface area contributed by atoms with Crippen LogP contribution < -0.4 is 14.5 Å². The summed E-state index contributed by atoms with van der Waals surface area (Å²) in [6.45, 7) is -0.388. The highest BCUT2D eigenvalue weighted by atomic mass is 32.2. The van der Waals surface area contributed by atoms with Crippen molar-refractivity contribution in [2.45, 2.75) is 75.5 Å². The largest absolute Gasteiger partial charge is 0.497 e. The highest BCUT2D eigenvalue weighted by Crippen LogP contribution is 2.26. The van der Waals surface area contributed by atoms with Crippen molar-refractivity contribution >= 4 is 27.3 Å². The van der Waals surface area contributed by atoms with Crippen LogP contribution in [0, 0.1) is 0 Å². The van der Waals surface area contributed by atoms with Crippen molar-refractivity contribution in [1.82, 2.24) is 5.43 Å². The molecule has 0 spiro atoms. The lowest BCUT2D eigenvalue weighted by molar-refractivity contribution is -0.119. The van der Waals surface area contributed by atoms with E-state index >= 15 is 0 Å². The van der Waals surface area contributed by atoms with Gasteiger partial charge in [-0.15, -0.1) is 0 Å². The summed E-state index contributed by atoms with van der Waals surface area (Å²) in [4.78, 5) is 13.0. The molecule has 3 rings (SSSR count). The number of amides is 1. The van der Waals surface area contributed by atoms with Crippen LogP contribution in [0.3, 0.4) is 0 Å². The Hall–Kier alpha value is -2.87. The Labute approximate surface area is 209 Å². The number of methoxy groups -OCH3 is 1. The van der Waals surface area contributed by atoms with Crippen molar-refractivity contribution in [2.24, 2.45) is 5.10 Å². The Kier molecular flexibility index (Phi) is 10.6. The molecular weight excluding hydrogens is 462 g/mol. The molecule has 7 nitrogen and oxygen atoms in total. The SMILES string of the molecule is COc1cccc(N(CC(=O)NN=C2CCCCCCCCCCC2)S(=O)(=O)c2ccccc2)c1. The lowest BCUT2D eigenvalue weighted by Gasteiger charge is -2.24. The molecule has 8 heteroatoms. The molecule has 0 bridgehead atoms. The number of rotatable bonds is 7. The Morgan fingerprint density at radius 1 is 0.886 bits per heavy atom. The molecule has 2 aromatic rings. The molecule has 35 heavy (non-hydrogen) atoms. The van der Waals surface area contributed by atoms with Crippen LogP contribution in [0.4, 0.5) is 5.69 Å². The highest BCUT2D eigenvalue weighted by molar-refractivity contribution is 7.92. The van der Waals surface area contributed by atoms with E-state index in [1.54, 1.807) is 42.5 Å². The van der Waals surface area contributed by atoms with Crippen LogP contribution in [0.2, 0.25) is 0 Å². The predicted octanol–water partition coefficient (Wildman–Crippen LogP) is 5.67. The van der Waals surface area contributed by atoms with Crippen LogP contribution in [-0.4, -0.2) is 33.7 Å². The van der Waals surface area contributed by atoms with Crippen molar-refractivity contribution < 1.29 is 17.9 Å². The number of hydrazone groups is 1. The Morgan fingerprint density at radius 2 is 1.49 bits per heavy atom. The van der Waals surface area contributed by atoms with Crippen molar-refractivity contribution in [1.29, 1.82) is 0 Å². The topological polar surface area (TPSA) is 88.1 Å². The summed E-state index contributed by atoms with van der Waals surface area (Å²) in [6.07, 6.45) is 12.6. The van der Waals surface area contributed by atoms with Gasteiger partial charge in [-0.25, -0.2) is 13.8 Å².